The molecule has 0 aliphatic rings. The van der Waals surface area contributed by atoms with E-state index in [1.54, 1.807) is 24.5 Å². The van der Waals surface area contributed by atoms with E-state index in [-0.39, 0.29) is 34.7 Å². The van der Waals surface area contributed by atoms with Gasteiger partial charge in [0.1, 0.15) is 4.21 Å². The maximum atomic E-state index is 12.1. The van der Waals surface area contributed by atoms with Crippen LogP contribution in [0.25, 0.3) is 0 Å². The molecule has 0 fully saturated rings. The van der Waals surface area contributed by atoms with Crippen LogP contribution in [0.4, 0.5) is 0 Å². The van der Waals surface area contributed by atoms with Gasteiger partial charge in [0.2, 0.25) is 10.0 Å². The molecule has 2 aromatic heterocycles. The zero-order chi connectivity index (χ0) is 18.4. The molecule has 0 radical (unpaired) electrons. The summed E-state index contributed by atoms with van der Waals surface area (Å²) in [6.45, 7) is 3.24. The van der Waals surface area contributed by atoms with Gasteiger partial charge in [-0.1, -0.05) is 11.6 Å². The number of thiazole rings is 1. The topological polar surface area (TPSA) is 86.7 Å². The molecule has 0 saturated heterocycles. The van der Waals surface area contributed by atoms with Crippen molar-refractivity contribution in [3.63, 3.8) is 0 Å². The first-order valence-corrected chi connectivity index (χ1v) is 11.0. The molecule has 2 rings (SSSR count). The van der Waals surface area contributed by atoms with Crippen LogP contribution in [-0.4, -0.2) is 51.4 Å². The van der Waals surface area contributed by atoms with Crippen LogP contribution in [0.5, 0.6) is 0 Å². The quantitative estimate of drug-likeness (QED) is 0.240. The maximum Gasteiger partial charge on any atom is 0.250 e. The fraction of sp³-hybridized carbons (Fsp3) is 0.429. The molecule has 0 unspecified atom stereocenters. The first-order valence-electron chi connectivity index (χ1n) is 7.39. The Morgan fingerprint density at radius 1 is 1.38 bits per heavy atom. The van der Waals surface area contributed by atoms with Crippen molar-refractivity contribution in [1.82, 2.24) is 19.9 Å². The normalized spacial score (nSPS) is 11.9. The van der Waals surface area contributed by atoms with E-state index in [0.717, 1.165) is 22.0 Å². The molecular formula is C14H21ClIN5O2S3. The number of hydrogen-bond donors (Lipinski definition) is 2. The fourth-order valence-electron chi connectivity index (χ4n) is 2.06. The third kappa shape index (κ3) is 6.93. The molecule has 2 aromatic rings. The van der Waals surface area contributed by atoms with E-state index in [1.165, 1.54) is 6.07 Å². The highest BCUT2D eigenvalue weighted by Crippen LogP contribution is 2.25. The average molecular weight is 550 g/mol. The van der Waals surface area contributed by atoms with Crippen molar-refractivity contribution >= 4 is 74.2 Å². The van der Waals surface area contributed by atoms with E-state index in [0.29, 0.717) is 23.4 Å². The van der Waals surface area contributed by atoms with Gasteiger partial charge in [-0.15, -0.1) is 46.7 Å². The van der Waals surface area contributed by atoms with Gasteiger partial charge in [-0.3, -0.25) is 4.99 Å². The van der Waals surface area contributed by atoms with Crippen molar-refractivity contribution < 1.29 is 8.42 Å². The van der Waals surface area contributed by atoms with Crippen molar-refractivity contribution in [2.75, 3.05) is 27.2 Å². The minimum absolute atomic E-state index is 0. The third-order valence-electron chi connectivity index (χ3n) is 3.15. The van der Waals surface area contributed by atoms with E-state index in [9.17, 15) is 8.42 Å². The lowest BCUT2D eigenvalue weighted by molar-refractivity contribution is 0.471. The molecule has 0 aromatic carbocycles. The molecule has 2 heterocycles. The van der Waals surface area contributed by atoms with Gasteiger partial charge >= 0.3 is 0 Å². The molecule has 0 spiro atoms. The highest BCUT2D eigenvalue weighted by molar-refractivity contribution is 14.0. The lowest BCUT2D eigenvalue weighted by Crippen LogP contribution is -2.42. The molecule has 0 aliphatic carbocycles. The van der Waals surface area contributed by atoms with Crippen LogP contribution < -0.4 is 10.0 Å². The Morgan fingerprint density at radius 2 is 2.12 bits per heavy atom. The lowest BCUT2D eigenvalue weighted by Gasteiger charge is -2.21. The molecule has 0 atom stereocenters. The number of hydrogen-bond acceptors (Lipinski definition) is 6. The van der Waals surface area contributed by atoms with Crippen LogP contribution in [0.2, 0.25) is 4.34 Å². The number of thiophene rings is 1. The summed E-state index contributed by atoms with van der Waals surface area (Å²) in [5.74, 6) is 0.670. The van der Waals surface area contributed by atoms with Crippen molar-refractivity contribution in [2.24, 2.45) is 4.99 Å². The number of nitrogens with zero attached hydrogens (tertiary/aromatic N) is 3. The zero-order valence-corrected chi connectivity index (χ0v) is 20.1. The minimum Gasteiger partial charge on any atom is -0.355 e. The maximum absolute atomic E-state index is 12.1. The summed E-state index contributed by atoms with van der Waals surface area (Å²) in [5.41, 5.74) is 0.975. The number of nitrogens with one attached hydrogen (secondary N) is 2. The number of sulfonamides is 1. The number of guanidine groups is 1. The summed E-state index contributed by atoms with van der Waals surface area (Å²) >= 11 is 8.41. The van der Waals surface area contributed by atoms with E-state index in [1.807, 2.05) is 24.3 Å². The molecule has 12 heteroatoms. The van der Waals surface area contributed by atoms with Crippen LogP contribution >= 0.6 is 58.3 Å². The van der Waals surface area contributed by atoms with Gasteiger partial charge in [0.05, 0.1) is 21.6 Å². The van der Waals surface area contributed by atoms with Crippen LogP contribution in [-0.2, 0) is 16.6 Å². The summed E-state index contributed by atoms with van der Waals surface area (Å²) < 4.78 is 27.4. The second-order valence-electron chi connectivity index (χ2n) is 5.14. The fourth-order valence-corrected chi connectivity index (χ4v) is 5.22. The van der Waals surface area contributed by atoms with Crippen LogP contribution in [0.1, 0.15) is 10.7 Å². The van der Waals surface area contributed by atoms with Gasteiger partial charge in [-0.05, 0) is 19.1 Å². The van der Waals surface area contributed by atoms with Gasteiger partial charge in [-0.2, -0.15) is 0 Å². The lowest BCUT2D eigenvalue weighted by atomic mass is 10.4. The number of rotatable bonds is 7. The van der Waals surface area contributed by atoms with Crippen LogP contribution in [0.3, 0.4) is 0 Å². The van der Waals surface area contributed by atoms with E-state index in [2.05, 4.69) is 20.0 Å². The molecule has 0 amide bonds. The molecule has 0 aliphatic heterocycles. The zero-order valence-electron chi connectivity index (χ0n) is 14.5. The molecule has 2 N–H and O–H groups in total. The SMILES string of the molecule is CN=C(NCCNS(=O)(=O)c1ccc(Cl)s1)N(C)Cc1csc(C)n1.I. The predicted octanol–water partition coefficient (Wildman–Crippen LogP) is 2.77. The monoisotopic (exact) mass is 549 g/mol. The molecule has 0 bridgehead atoms. The Labute approximate surface area is 184 Å². The molecule has 26 heavy (non-hydrogen) atoms. The van der Waals surface area contributed by atoms with Gasteiger partial charge in [-0.25, -0.2) is 18.1 Å². The smallest absolute Gasteiger partial charge is 0.250 e. The van der Waals surface area contributed by atoms with Crippen molar-refractivity contribution in [1.29, 1.82) is 0 Å². The van der Waals surface area contributed by atoms with Gasteiger partial charge in [0.25, 0.3) is 0 Å². The van der Waals surface area contributed by atoms with Crippen molar-refractivity contribution in [2.45, 2.75) is 17.7 Å². The summed E-state index contributed by atoms with van der Waals surface area (Å²) in [4.78, 5) is 10.6. The summed E-state index contributed by atoms with van der Waals surface area (Å²) in [6.07, 6.45) is 0. The average Bonchev–Trinajstić information content (AvgIpc) is 3.16. The molecular weight excluding hydrogens is 529 g/mol. The number of aryl methyl sites for hydroxylation is 1. The summed E-state index contributed by atoms with van der Waals surface area (Å²) in [6, 6.07) is 3.06. The van der Waals surface area contributed by atoms with E-state index < -0.39 is 10.0 Å². The Morgan fingerprint density at radius 3 is 2.65 bits per heavy atom. The summed E-state index contributed by atoms with van der Waals surface area (Å²) in [7, 11) is 0.0599. The van der Waals surface area contributed by atoms with Gasteiger partial charge in [0.15, 0.2) is 5.96 Å². The van der Waals surface area contributed by atoms with Crippen molar-refractivity contribution in [3.8, 4) is 0 Å². The van der Waals surface area contributed by atoms with Crippen molar-refractivity contribution in [3.05, 3.63) is 32.6 Å². The Kier molecular flexibility index (Phi) is 9.75. The van der Waals surface area contributed by atoms with E-state index in [4.69, 9.17) is 11.6 Å². The second-order valence-corrected chi connectivity index (χ2v) is 9.92. The van der Waals surface area contributed by atoms with Gasteiger partial charge < -0.3 is 10.2 Å². The Balaban J connectivity index is 0.00000338. The first kappa shape index (κ1) is 23.6. The largest absolute Gasteiger partial charge is 0.355 e. The van der Waals surface area contributed by atoms with E-state index >= 15 is 0 Å². The number of aliphatic imine (C=N–C) groups is 1. The first-order chi connectivity index (χ1) is 11.8. The standard InChI is InChI=1S/C14H20ClN5O2S3.HI/c1-10-19-11(9-23-10)8-20(3)14(16-2)17-6-7-18-25(21,22)13-5-4-12(15)24-13;/h4-5,9,18H,6-8H2,1-3H3,(H,16,17);1H. The summed E-state index contributed by atoms with van der Waals surface area (Å²) in [5, 5.41) is 6.16. The minimum atomic E-state index is -3.53. The number of aromatic nitrogens is 1. The van der Waals surface area contributed by atoms with Crippen LogP contribution in [0.15, 0.2) is 26.7 Å². The Bertz CT molecular complexity index is 837. The highest BCUT2D eigenvalue weighted by atomic mass is 127. The third-order valence-corrected chi connectivity index (χ3v) is 7.16. The Hall–Kier alpha value is -0.470. The second kappa shape index (κ2) is 10.8. The molecule has 0 saturated carbocycles. The molecule has 7 nitrogen and oxygen atoms in total. The van der Waals surface area contributed by atoms with Crippen LogP contribution in [0, 0.1) is 6.92 Å². The number of halogens is 2. The molecule has 146 valence electrons. The van der Waals surface area contributed by atoms with Gasteiger partial charge in [0, 0.05) is 32.6 Å². The highest BCUT2D eigenvalue weighted by Gasteiger charge is 2.16. The predicted molar refractivity (Wildman–Crippen MR) is 120 cm³/mol.